The lowest BCUT2D eigenvalue weighted by atomic mass is 9.94. The zero-order valence-electron chi connectivity index (χ0n) is 21.6. The third-order valence-electron chi connectivity index (χ3n) is 7.26. The van der Waals surface area contributed by atoms with E-state index >= 15 is 0 Å². The van der Waals surface area contributed by atoms with E-state index in [4.69, 9.17) is 0 Å². The molecule has 1 aliphatic rings. The molecular formula is C36H24N4. The molecule has 40 heavy (non-hydrogen) atoms. The zero-order chi connectivity index (χ0) is 26.9. The largest absolute Gasteiger partial charge is 0.306 e. The summed E-state index contributed by atoms with van der Waals surface area (Å²) >= 11 is 0. The van der Waals surface area contributed by atoms with Crippen LogP contribution in [-0.4, -0.2) is 4.98 Å². The van der Waals surface area contributed by atoms with Crippen LogP contribution in [0.15, 0.2) is 146 Å². The van der Waals surface area contributed by atoms with Gasteiger partial charge in [-0.3, -0.25) is 4.98 Å². The van der Waals surface area contributed by atoms with Crippen molar-refractivity contribution in [1.29, 1.82) is 5.26 Å². The zero-order valence-corrected chi connectivity index (χ0v) is 21.6. The van der Waals surface area contributed by atoms with Crippen molar-refractivity contribution in [3.8, 4) is 28.3 Å². The van der Waals surface area contributed by atoms with Crippen molar-refractivity contribution in [2.45, 2.75) is 0 Å². The van der Waals surface area contributed by atoms with Gasteiger partial charge in [-0.15, -0.1) is 0 Å². The lowest BCUT2D eigenvalue weighted by Gasteiger charge is -2.40. The highest BCUT2D eigenvalue weighted by atomic mass is 15.3. The summed E-state index contributed by atoms with van der Waals surface area (Å²) in [6, 6.07) is 48.7. The summed E-state index contributed by atoms with van der Waals surface area (Å²) in [4.78, 5) is 8.97. The van der Waals surface area contributed by atoms with Gasteiger partial charge in [0.15, 0.2) is 0 Å². The number of benzene rings is 5. The van der Waals surface area contributed by atoms with E-state index in [1.807, 2.05) is 24.4 Å². The molecule has 2 heterocycles. The molecule has 0 saturated heterocycles. The second-order valence-corrected chi connectivity index (χ2v) is 9.65. The lowest BCUT2D eigenvalue weighted by molar-refractivity contribution is 1.17. The van der Waals surface area contributed by atoms with Crippen molar-refractivity contribution in [2.24, 2.45) is 0 Å². The average Bonchev–Trinajstić information content (AvgIpc) is 3.04. The van der Waals surface area contributed by atoms with Gasteiger partial charge < -0.3 is 9.80 Å². The molecule has 0 amide bonds. The lowest BCUT2D eigenvalue weighted by Crippen LogP contribution is -2.23. The molecule has 1 aliphatic heterocycles. The van der Waals surface area contributed by atoms with Crippen molar-refractivity contribution in [3.63, 3.8) is 0 Å². The van der Waals surface area contributed by atoms with E-state index in [2.05, 4.69) is 136 Å². The fourth-order valence-electron chi connectivity index (χ4n) is 5.53. The van der Waals surface area contributed by atoms with Gasteiger partial charge in [0, 0.05) is 29.3 Å². The number of pyridine rings is 1. The SMILES string of the molecule is N#Cc1cncc(-c2ccccc2-c2cccc(N3c4ccccc4N(c4ccccc4)c4ccccc43)c2)c1. The summed E-state index contributed by atoms with van der Waals surface area (Å²) in [6.07, 6.45) is 3.41. The summed E-state index contributed by atoms with van der Waals surface area (Å²) in [5.41, 5.74) is 11.4. The molecule has 0 bridgehead atoms. The van der Waals surface area contributed by atoms with E-state index < -0.39 is 0 Å². The predicted molar refractivity (Wildman–Crippen MR) is 163 cm³/mol. The van der Waals surface area contributed by atoms with Crippen molar-refractivity contribution in [1.82, 2.24) is 4.98 Å². The van der Waals surface area contributed by atoms with Gasteiger partial charge in [0.1, 0.15) is 6.07 Å². The van der Waals surface area contributed by atoms with Gasteiger partial charge in [0.25, 0.3) is 0 Å². The number of aromatic nitrogens is 1. The Balaban J connectivity index is 1.39. The first kappa shape index (κ1) is 23.5. The Hall–Kier alpha value is -5.66. The molecule has 0 saturated carbocycles. The van der Waals surface area contributed by atoms with Gasteiger partial charge in [0.2, 0.25) is 0 Å². The first-order valence-corrected chi connectivity index (χ1v) is 13.2. The maximum absolute atomic E-state index is 9.43. The molecule has 4 heteroatoms. The van der Waals surface area contributed by atoms with Crippen molar-refractivity contribution in [2.75, 3.05) is 9.80 Å². The molecule has 0 atom stereocenters. The second kappa shape index (κ2) is 9.90. The monoisotopic (exact) mass is 512 g/mol. The number of hydrogen-bond donors (Lipinski definition) is 0. The quantitative estimate of drug-likeness (QED) is 0.235. The van der Waals surface area contributed by atoms with Gasteiger partial charge in [-0.05, 0) is 71.3 Å². The fourth-order valence-corrected chi connectivity index (χ4v) is 5.53. The van der Waals surface area contributed by atoms with Crippen LogP contribution in [0.2, 0.25) is 0 Å². The molecule has 6 aromatic rings. The normalized spacial score (nSPS) is 11.9. The smallest absolute Gasteiger partial charge is 0.101 e. The Kier molecular flexibility index (Phi) is 5.81. The number of fused-ring (bicyclic) bond motifs is 2. The Morgan fingerprint density at radius 2 is 1.00 bits per heavy atom. The number of rotatable bonds is 4. The molecule has 5 aromatic carbocycles. The Bertz CT molecular complexity index is 1840. The van der Waals surface area contributed by atoms with Gasteiger partial charge in [-0.25, -0.2) is 0 Å². The molecule has 0 spiro atoms. The average molecular weight is 513 g/mol. The number of nitriles is 1. The number of hydrogen-bond acceptors (Lipinski definition) is 4. The molecule has 0 unspecified atom stereocenters. The van der Waals surface area contributed by atoms with Crippen LogP contribution in [0.1, 0.15) is 5.56 Å². The van der Waals surface area contributed by atoms with Gasteiger partial charge in [-0.2, -0.15) is 5.26 Å². The van der Waals surface area contributed by atoms with Gasteiger partial charge in [-0.1, -0.05) is 78.9 Å². The van der Waals surface area contributed by atoms with Crippen molar-refractivity contribution >= 4 is 34.1 Å². The molecule has 0 fully saturated rings. The van der Waals surface area contributed by atoms with E-state index in [0.29, 0.717) is 5.56 Å². The minimum Gasteiger partial charge on any atom is -0.306 e. The van der Waals surface area contributed by atoms with Crippen LogP contribution in [0.5, 0.6) is 0 Å². The van der Waals surface area contributed by atoms with Crippen LogP contribution < -0.4 is 9.80 Å². The fraction of sp³-hybridized carbons (Fsp3) is 0. The molecule has 0 N–H and O–H groups in total. The van der Waals surface area contributed by atoms with Crippen LogP contribution in [0.3, 0.4) is 0 Å². The van der Waals surface area contributed by atoms with Crippen LogP contribution in [0, 0.1) is 11.3 Å². The maximum Gasteiger partial charge on any atom is 0.101 e. The van der Waals surface area contributed by atoms with E-state index in [-0.39, 0.29) is 0 Å². The molecule has 0 aliphatic carbocycles. The molecule has 7 rings (SSSR count). The third kappa shape index (κ3) is 3.98. The highest BCUT2D eigenvalue weighted by Gasteiger charge is 2.30. The predicted octanol–water partition coefficient (Wildman–Crippen LogP) is 9.54. The first-order chi connectivity index (χ1) is 19.8. The summed E-state index contributed by atoms with van der Waals surface area (Å²) < 4.78 is 0. The maximum atomic E-state index is 9.43. The number of anilines is 6. The topological polar surface area (TPSA) is 43.2 Å². The summed E-state index contributed by atoms with van der Waals surface area (Å²) in [7, 11) is 0. The van der Waals surface area contributed by atoms with Crippen LogP contribution >= 0.6 is 0 Å². The van der Waals surface area contributed by atoms with Crippen LogP contribution in [-0.2, 0) is 0 Å². The Morgan fingerprint density at radius 1 is 0.475 bits per heavy atom. The molecule has 0 radical (unpaired) electrons. The molecule has 188 valence electrons. The highest BCUT2D eigenvalue weighted by Crippen LogP contribution is 2.54. The van der Waals surface area contributed by atoms with Gasteiger partial charge >= 0.3 is 0 Å². The third-order valence-corrected chi connectivity index (χ3v) is 7.26. The minimum atomic E-state index is 0.547. The van der Waals surface area contributed by atoms with Crippen LogP contribution in [0.25, 0.3) is 22.3 Å². The Labute approximate surface area is 233 Å². The van der Waals surface area contributed by atoms with E-state index in [1.165, 1.54) is 0 Å². The first-order valence-electron chi connectivity index (χ1n) is 13.2. The number of para-hydroxylation sites is 5. The van der Waals surface area contributed by atoms with E-state index in [9.17, 15) is 5.26 Å². The second-order valence-electron chi connectivity index (χ2n) is 9.65. The van der Waals surface area contributed by atoms with Crippen LogP contribution in [0.4, 0.5) is 34.1 Å². The van der Waals surface area contributed by atoms with Crippen molar-refractivity contribution in [3.05, 3.63) is 151 Å². The van der Waals surface area contributed by atoms with Crippen molar-refractivity contribution < 1.29 is 0 Å². The standard InChI is InChI=1S/C36H24N4/c37-23-26-21-28(25-38-24-26)32-16-5-4-15-31(32)27-11-10-14-30(22-27)40-35-19-8-6-17-33(35)39(29-12-2-1-3-13-29)34-18-7-9-20-36(34)40/h1-22,24-25H. The Morgan fingerprint density at radius 3 is 1.62 bits per heavy atom. The summed E-state index contributed by atoms with van der Waals surface area (Å²) in [5, 5.41) is 9.43. The van der Waals surface area contributed by atoms with Gasteiger partial charge in [0.05, 0.1) is 28.3 Å². The summed E-state index contributed by atoms with van der Waals surface area (Å²) in [5.74, 6) is 0. The van der Waals surface area contributed by atoms with E-state index in [0.717, 1.165) is 56.4 Å². The minimum absolute atomic E-state index is 0.547. The molecule has 1 aromatic heterocycles. The number of nitrogens with zero attached hydrogens (tertiary/aromatic N) is 4. The molecule has 4 nitrogen and oxygen atoms in total. The summed E-state index contributed by atoms with van der Waals surface area (Å²) in [6.45, 7) is 0. The van der Waals surface area contributed by atoms with E-state index in [1.54, 1.807) is 6.20 Å². The molecular weight excluding hydrogens is 488 g/mol. The highest BCUT2D eigenvalue weighted by molar-refractivity contribution is 6.01.